The van der Waals surface area contributed by atoms with Gasteiger partial charge in [-0.25, -0.2) is 0 Å². The highest BCUT2D eigenvalue weighted by Gasteiger charge is 2.33. The van der Waals surface area contributed by atoms with Crippen molar-refractivity contribution in [2.24, 2.45) is 0 Å². The highest BCUT2D eigenvalue weighted by molar-refractivity contribution is 5.68. The van der Waals surface area contributed by atoms with Gasteiger partial charge >= 0.3 is 5.97 Å². The van der Waals surface area contributed by atoms with Crippen molar-refractivity contribution in [3.8, 4) is 0 Å². The van der Waals surface area contributed by atoms with Crippen molar-refractivity contribution < 1.29 is 9.90 Å². The van der Waals surface area contributed by atoms with Crippen LogP contribution in [-0.2, 0) is 4.79 Å². The van der Waals surface area contributed by atoms with Crippen LogP contribution in [0.1, 0.15) is 52.4 Å². The molecule has 0 aromatic heterocycles. The number of carboxylic acid groups (broad SMARTS) is 1. The predicted molar refractivity (Wildman–Crippen MR) is 73.9 cm³/mol. The van der Waals surface area contributed by atoms with E-state index in [1.54, 1.807) is 0 Å². The van der Waals surface area contributed by atoms with E-state index < -0.39 is 5.97 Å². The van der Waals surface area contributed by atoms with Crippen LogP contribution in [0, 0.1) is 0 Å². The normalized spacial score (nSPS) is 25.9. The van der Waals surface area contributed by atoms with Gasteiger partial charge < -0.3 is 15.3 Å². The lowest BCUT2D eigenvalue weighted by atomic mass is 9.87. The molecule has 4 nitrogen and oxygen atoms in total. The number of nitrogens with one attached hydrogen (secondary N) is 1. The van der Waals surface area contributed by atoms with Crippen LogP contribution >= 0.6 is 0 Å². The molecule has 1 aliphatic rings. The molecule has 0 aromatic carbocycles. The van der Waals surface area contributed by atoms with Crippen LogP contribution in [0.4, 0.5) is 0 Å². The summed E-state index contributed by atoms with van der Waals surface area (Å²) in [4.78, 5) is 13.6. The summed E-state index contributed by atoms with van der Waals surface area (Å²) >= 11 is 0. The lowest BCUT2D eigenvalue weighted by molar-refractivity contribution is -0.138. The molecule has 2 N–H and O–H groups in total. The van der Waals surface area contributed by atoms with E-state index in [4.69, 9.17) is 5.11 Å². The smallest absolute Gasteiger partial charge is 0.305 e. The summed E-state index contributed by atoms with van der Waals surface area (Å²) < 4.78 is 0. The summed E-state index contributed by atoms with van der Waals surface area (Å²) in [6.07, 6.45) is 5.53. The maximum absolute atomic E-state index is 11.1. The van der Waals surface area contributed by atoms with E-state index in [-0.39, 0.29) is 12.0 Å². The third kappa shape index (κ3) is 4.94. The molecule has 1 fully saturated rings. The van der Waals surface area contributed by atoms with Gasteiger partial charge in [-0.05, 0) is 58.3 Å². The molecule has 1 aliphatic heterocycles. The number of hydrogen-bond acceptors (Lipinski definition) is 3. The Labute approximate surface area is 111 Å². The Hall–Kier alpha value is -0.610. The fourth-order valence-corrected chi connectivity index (χ4v) is 2.89. The summed E-state index contributed by atoms with van der Waals surface area (Å²) in [6.45, 7) is 8.52. The van der Waals surface area contributed by atoms with Gasteiger partial charge in [0.25, 0.3) is 0 Å². The van der Waals surface area contributed by atoms with Crippen LogP contribution in [0.3, 0.4) is 0 Å². The minimum absolute atomic E-state index is 0.176. The molecule has 1 rings (SSSR count). The fraction of sp³-hybridized carbons (Fsp3) is 0.929. The molecule has 106 valence electrons. The number of rotatable bonds is 7. The van der Waals surface area contributed by atoms with Crippen molar-refractivity contribution in [2.75, 3.05) is 26.2 Å². The van der Waals surface area contributed by atoms with Crippen molar-refractivity contribution in [3.63, 3.8) is 0 Å². The first-order valence-corrected chi connectivity index (χ1v) is 7.31. The largest absolute Gasteiger partial charge is 0.481 e. The molecule has 0 radical (unpaired) electrons. The van der Waals surface area contributed by atoms with Gasteiger partial charge in [0.15, 0.2) is 0 Å². The predicted octanol–water partition coefficient (Wildman–Crippen LogP) is 2.10. The van der Waals surface area contributed by atoms with Crippen molar-refractivity contribution in [3.05, 3.63) is 0 Å². The molecule has 0 aliphatic carbocycles. The van der Waals surface area contributed by atoms with Crippen LogP contribution in [0.15, 0.2) is 0 Å². The Balaban J connectivity index is 2.61. The third-order valence-corrected chi connectivity index (χ3v) is 3.82. The molecule has 0 aromatic rings. The van der Waals surface area contributed by atoms with E-state index in [1.807, 2.05) is 0 Å². The fourth-order valence-electron chi connectivity index (χ4n) is 2.89. The zero-order valence-corrected chi connectivity index (χ0v) is 11.9. The van der Waals surface area contributed by atoms with Gasteiger partial charge in [0, 0.05) is 5.54 Å². The van der Waals surface area contributed by atoms with Gasteiger partial charge in [0.1, 0.15) is 0 Å². The van der Waals surface area contributed by atoms with Crippen LogP contribution in [-0.4, -0.2) is 47.7 Å². The Bertz CT molecular complexity index is 258. The molecule has 0 spiro atoms. The van der Waals surface area contributed by atoms with Gasteiger partial charge in [-0.2, -0.15) is 0 Å². The second-order valence-corrected chi connectivity index (χ2v) is 5.47. The molecule has 0 amide bonds. The molecule has 1 unspecified atom stereocenters. The summed E-state index contributed by atoms with van der Waals surface area (Å²) in [5.74, 6) is -0.678. The zero-order chi connectivity index (χ0) is 13.4. The number of nitrogens with zero attached hydrogens (tertiary/aromatic N) is 1. The van der Waals surface area contributed by atoms with E-state index in [0.717, 1.165) is 51.9 Å². The van der Waals surface area contributed by atoms with Gasteiger partial charge in [0.05, 0.1) is 6.42 Å². The molecular weight excluding hydrogens is 228 g/mol. The average molecular weight is 256 g/mol. The second kappa shape index (κ2) is 7.74. The SMILES string of the molecule is CCCNC1(CC(=O)O)CCCN(CCC)CC1. The molecule has 18 heavy (non-hydrogen) atoms. The highest BCUT2D eigenvalue weighted by Crippen LogP contribution is 2.26. The number of hydrogen-bond donors (Lipinski definition) is 2. The van der Waals surface area contributed by atoms with Crippen molar-refractivity contribution in [2.45, 2.75) is 57.9 Å². The number of aliphatic carboxylic acids is 1. The molecule has 4 heteroatoms. The van der Waals surface area contributed by atoms with Gasteiger partial charge in [0.2, 0.25) is 0 Å². The minimum atomic E-state index is -0.678. The van der Waals surface area contributed by atoms with Gasteiger partial charge in [-0.1, -0.05) is 13.8 Å². The average Bonchev–Trinajstić information content (AvgIpc) is 2.50. The number of likely N-dealkylation sites (tertiary alicyclic amines) is 1. The minimum Gasteiger partial charge on any atom is -0.481 e. The quantitative estimate of drug-likeness (QED) is 0.732. The van der Waals surface area contributed by atoms with Crippen molar-refractivity contribution in [1.82, 2.24) is 10.2 Å². The maximum Gasteiger partial charge on any atom is 0.305 e. The van der Waals surface area contributed by atoms with Crippen molar-refractivity contribution >= 4 is 5.97 Å². The van der Waals surface area contributed by atoms with Crippen LogP contribution < -0.4 is 5.32 Å². The number of carbonyl (C=O) groups is 1. The Morgan fingerprint density at radius 3 is 2.67 bits per heavy atom. The lowest BCUT2D eigenvalue weighted by Crippen LogP contribution is -2.48. The number of carboxylic acids is 1. The van der Waals surface area contributed by atoms with Crippen LogP contribution in [0.2, 0.25) is 0 Å². The van der Waals surface area contributed by atoms with Crippen LogP contribution in [0.25, 0.3) is 0 Å². The Kier molecular flexibility index (Phi) is 6.65. The Morgan fingerprint density at radius 1 is 1.28 bits per heavy atom. The molecule has 0 saturated carbocycles. The van der Waals surface area contributed by atoms with E-state index in [9.17, 15) is 4.79 Å². The summed E-state index contributed by atoms with van der Waals surface area (Å²) in [7, 11) is 0. The standard InChI is InChI=1S/C14H28N2O2/c1-3-8-15-14(12-13(17)18)6-5-10-16(9-4-2)11-7-14/h15H,3-12H2,1-2H3,(H,17,18). The molecule has 1 saturated heterocycles. The maximum atomic E-state index is 11.1. The summed E-state index contributed by atoms with van der Waals surface area (Å²) in [5, 5.41) is 12.6. The Morgan fingerprint density at radius 2 is 2.06 bits per heavy atom. The summed E-state index contributed by atoms with van der Waals surface area (Å²) in [5.41, 5.74) is -0.176. The van der Waals surface area contributed by atoms with E-state index in [1.165, 1.54) is 6.42 Å². The topological polar surface area (TPSA) is 52.6 Å². The van der Waals surface area contributed by atoms with Crippen LogP contribution in [0.5, 0.6) is 0 Å². The van der Waals surface area contributed by atoms with Gasteiger partial charge in [-0.3, -0.25) is 4.79 Å². The second-order valence-electron chi connectivity index (χ2n) is 5.47. The molecular formula is C14H28N2O2. The molecule has 0 bridgehead atoms. The summed E-state index contributed by atoms with van der Waals surface area (Å²) in [6, 6.07) is 0. The first-order valence-electron chi connectivity index (χ1n) is 7.31. The van der Waals surface area contributed by atoms with E-state index in [2.05, 4.69) is 24.1 Å². The molecule has 1 heterocycles. The highest BCUT2D eigenvalue weighted by atomic mass is 16.4. The van der Waals surface area contributed by atoms with Gasteiger partial charge in [-0.15, -0.1) is 0 Å². The lowest BCUT2D eigenvalue weighted by Gasteiger charge is -2.33. The monoisotopic (exact) mass is 256 g/mol. The first kappa shape index (κ1) is 15.4. The van der Waals surface area contributed by atoms with Crippen molar-refractivity contribution in [1.29, 1.82) is 0 Å². The zero-order valence-electron chi connectivity index (χ0n) is 11.9. The van der Waals surface area contributed by atoms with E-state index in [0.29, 0.717) is 0 Å². The first-order chi connectivity index (χ1) is 8.62. The van der Waals surface area contributed by atoms with E-state index >= 15 is 0 Å². The third-order valence-electron chi connectivity index (χ3n) is 3.82. The molecule has 1 atom stereocenters.